The molecule has 4 aromatic rings. The van der Waals surface area contributed by atoms with Crippen molar-refractivity contribution in [1.82, 2.24) is 0 Å². The summed E-state index contributed by atoms with van der Waals surface area (Å²) in [6.45, 7) is 4.73. The Morgan fingerprint density at radius 1 is 0.667 bits per heavy atom. The summed E-state index contributed by atoms with van der Waals surface area (Å²) >= 11 is -1.75. The van der Waals surface area contributed by atoms with Gasteiger partial charge in [-0.25, -0.2) is 0 Å². The van der Waals surface area contributed by atoms with E-state index < -0.39 is 17.4 Å². The van der Waals surface area contributed by atoms with E-state index in [0.29, 0.717) is 0 Å². The fourth-order valence-electron chi connectivity index (χ4n) is 5.50. The molecule has 3 heteroatoms. The Bertz CT molecular complexity index is 1490. The van der Waals surface area contributed by atoms with Crippen molar-refractivity contribution in [3.63, 3.8) is 0 Å². The summed E-state index contributed by atoms with van der Waals surface area (Å²) in [4.78, 5) is 0. The molecule has 0 amide bonds. The summed E-state index contributed by atoms with van der Waals surface area (Å²) in [5.41, 5.74) is 11.1. The fourth-order valence-corrected chi connectivity index (χ4v) is 10.1. The summed E-state index contributed by atoms with van der Waals surface area (Å²) in [6.07, 6.45) is 9.16. The molecular formula is C33H28Cl2Ti. The van der Waals surface area contributed by atoms with E-state index in [1.165, 1.54) is 38.9 Å². The second-order valence-corrected chi connectivity index (χ2v) is 14.1. The summed E-state index contributed by atoms with van der Waals surface area (Å²) in [5.74, 6) is 0. The Balaban J connectivity index is 0.00000152. The molecule has 0 aromatic heterocycles. The van der Waals surface area contributed by atoms with Crippen molar-refractivity contribution in [2.75, 3.05) is 0 Å². The molecule has 0 saturated carbocycles. The first-order chi connectivity index (χ1) is 16.7. The van der Waals surface area contributed by atoms with Gasteiger partial charge in [0.1, 0.15) is 0 Å². The average Bonchev–Trinajstić information content (AvgIpc) is 3.53. The van der Waals surface area contributed by atoms with E-state index in [-0.39, 0.29) is 24.8 Å². The standard InChI is InChI=1S/C25H17.C5H5.C3H6.2ClH.Ti/c1-3-7-18(8-4-1)20-11-13-22-15-23-14-12-21(17-25(23)24(22)16-20)19-9-5-2-6-10-19;1-2-4-5-3-1;1-3-2;;;/h1-13,16-17H,15H2;1-3H,4H2;1-2H3;2*1H;/q;;;;;+2/p-2. The number of hydrogen-bond donors (Lipinski definition) is 0. The molecule has 0 aliphatic heterocycles. The molecule has 0 atom stereocenters. The van der Waals surface area contributed by atoms with Crippen molar-refractivity contribution < 1.29 is 42.2 Å². The molecule has 0 saturated heterocycles. The van der Waals surface area contributed by atoms with Crippen LogP contribution in [0.2, 0.25) is 0 Å². The van der Waals surface area contributed by atoms with Gasteiger partial charge in [0.15, 0.2) is 0 Å². The van der Waals surface area contributed by atoms with Crippen LogP contribution in [0.1, 0.15) is 31.4 Å². The monoisotopic (exact) mass is 542 g/mol. The molecule has 0 fully saturated rings. The molecule has 0 heterocycles. The van der Waals surface area contributed by atoms with E-state index in [1.54, 1.807) is 17.1 Å². The third kappa shape index (κ3) is 4.89. The van der Waals surface area contributed by atoms with Gasteiger partial charge in [0.05, 0.1) is 0 Å². The molecule has 2 aliphatic carbocycles. The maximum absolute atomic E-state index is 2.54. The zero-order chi connectivity index (χ0) is 23.1. The van der Waals surface area contributed by atoms with E-state index >= 15 is 0 Å². The Kier molecular flexibility index (Phi) is 8.33. The molecule has 2 aliphatic rings. The van der Waals surface area contributed by atoms with Gasteiger partial charge in [-0.2, -0.15) is 0 Å². The van der Waals surface area contributed by atoms with Crippen molar-refractivity contribution in [2.45, 2.75) is 26.7 Å². The average molecular weight is 543 g/mol. The van der Waals surface area contributed by atoms with Gasteiger partial charge in [-0.3, -0.25) is 0 Å². The zero-order valence-corrected chi connectivity index (χ0v) is 23.6. The maximum atomic E-state index is 2.54. The van der Waals surface area contributed by atoms with Gasteiger partial charge in [0, 0.05) is 0 Å². The van der Waals surface area contributed by atoms with Crippen LogP contribution < -0.4 is 28.7 Å². The van der Waals surface area contributed by atoms with Crippen molar-refractivity contribution in [1.29, 1.82) is 0 Å². The molecule has 6 rings (SSSR count). The summed E-state index contributed by atoms with van der Waals surface area (Å²) < 4.78 is 4.94. The number of hydrogen-bond acceptors (Lipinski definition) is 0. The van der Waals surface area contributed by atoms with E-state index in [4.69, 9.17) is 0 Å². The van der Waals surface area contributed by atoms with Gasteiger partial charge in [0.25, 0.3) is 0 Å². The van der Waals surface area contributed by atoms with Gasteiger partial charge in [0.2, 0.25) is 0 Å². The predicted octanol–water partition coefficient (Wildman–Crippen LogP) is 1.90. The van der Waals surface area contributed by atoms with E-state index in [2.05, 4.69) is 123 Å². The van der Waals surface area contributed by atoms with E-state index in [1.807, 2.05) is 0 Å². The topological polar surface area (TPSA) is 0 Å². The maximum Gasteiger partial charge on any atom is -1.00 e. The largest absolute Gasteiger partial charge is 1.00 e. The first-order valence-corrected chi connectivity index (χ1v) is 14.5. The summed E-state index contributed by atoms with van der Waals surface area (Å²) in [5, 5.41) is 0. The summed E-state index contributed by atoms with van der Waals surface area (Å²) in [7, 11) is 0. The number of rotatable bonds is 4. The third-order valence-corrected chi connectivity index (χ3v) is 11.8. The first-order valence-electron chi connectivity index (χ1n) is 12.1. The molecule has 4 aromatic carbocycles. The first kappa shape index (κ1) is 26.6. The molecule has 0 spiro atoms. The van der Waals surface area contributed by atoms with E-state index in [0.717, 1.165) is 12.8 Å². The minimum atomic E-state index is -1.75. The van der Waals surface area contributed by atoms with Crippen LogP contribution in [0.5, 0.6) is 0 Å². The number of allylic oxidation sites excluding steroid dienone is 4. The number of halogens is 2. The quantitative estimate of drug-likeness (QED) is 0.304. The van der Waals surface area contributed by atoms with Crippen molar-refractivity contribution in [2.24, 2.45) is 0 Å². The molecular weight excluding hydrogens is 515 g/mol. The molecule has 178 valence electrons. The third-order valence-electron chi connectivity index (χ3n) is 7.09. The van der Waals surface area contributed by atoms with Crippen LogP contribution in [0.25, 0.3) is 33.4 Å². The van der Waals surface area contributed by atoms with Crippen LogP contribution >= 0.6 is 0 Å². The Morgan fingerprint density at radius 3 is 1.92 bits per heavy atom. The molecule has 0 radical (unpaired) electrons. The van der Waals surface area contributed by atoms with E-state index in [9.17, 15) is 0 Å². The van der Waals surface area contributed by atoms with Crippen LogP contribution in [0, 0.1) is 0 Å². The fraction of sp³-hybridized carbons (Fsp3) is 0.121. The second-order valence-electron chi connectivity index (χ2n) is 9.53. The van der Waals surface area contributed by atoms with Gasteiger partial charge in [-0.15, -0.1) is 0 Å². The zero-order valence-electron chi connectivity index (χ0n) is 20.6. The molecule has 0 N–H and O–H groups in total. The number of benzene rings is 4. The Hall–Kier alpha value is -2.48. The van der Waals surface area contributed by atoms with Gasteiger partial charge in [-0.05, 0) is 0 Å². The van der Waals surface area contributed by atoms with Crippen molar-refractivity contribution in [3.8, 4) is 33.4 Å². The van der Waals surface area contributed by atoms with Crippen LogP contribution in [-0.4, -0.2) is 3.81 Å². The minimum absolute atomic E-state index is 0. The van der Waals surface area contributed by atoms with Crippen LogP contribution in [0.4, 0.5) is 0 Å². The molecule has 0 bridgehead atoms. The Morgan fingerprint density at radius 2 is 1.31 bits per heavy atom. The number of fused-ring (bicyclic) bond motifs is 3. The van der Waals surface area contributed by atoms with Gasteiger partial charge < -0.3 is 24.8 Å². The van der Waals surface area contributed by atoms with Crippen LogP contribution in [0.15, 0.2) is 113 Å². The molecule has 0 unspecified atom stereocenters. The Labute approximate surface area is 233 Å². The molecule has 36 heavy (non-hydrogen) atoms. The normalized spacial score (nSPS) is 12.4. The van der Waals surface area contributed by atoms with Crippen LogP contribution in [0.3, 0.4) is 0 Å². The smallest absolute Gasteiger partial charge is 1.00 e. The SMILES string of the molecule is C[C](C)=[Ti+2]([C]1=CC=CC1)[c]1cc(-c2ccccc2)cc2c1Cc1ccc(-c3ccccc3)cc1-2.[Cl-].[Cl-]. The second kappa shape index (κ2) is 11.3. The van der Waals surface area contributed by atoms with Gasteiger partial charge >= 0.3 is 209 Å². The van der Waals surface area contributed by atoms with Gasteiger partial charge in [-0.1, -0.05) is 0 Å². The van der Waals surface area contributed by atoms with Crippen LogP contribution in [-0.2, 0) is 23.8 Å². The minimum Gasteiger partial charge on any atom is -1.00 e. The molecule has 0 nitrogen and oxygen atoms in total. The predicted molar refractivity (Wildman–Crippen MR) is 143 cm³/mol. The van der Waals surface area contributed by atoms with Crippen molar-refractivity contribution >= 4 is 7.68 Å². The van der Waals surface area contributed by atoms with Crippen molar-refractivity contribution in [3.05, 3.63) is 124 Å². The summed E-state index contributed by atoms with van der Waals surface area (Å²) in [6, 6.07) is 33.8.